The van der Waals surface area contributed by atoms with Crippen molar-refractivity contribution in [1.29, 1.82) is 0 Å². The number of likely N-dealkylation sites (tertiary alicyclic amines) is 1. The molecule has 1 saturated heterocycles. The Labute approximate surface area is 139 Å². The molecule has 4 nitrogen and oxygen atoms in total. The summed E-state index contributed by atoms with van der Waals surface area (Å²) in [6, 6.07) is 6.48. The number of aromatic nitrogens is 2. The van der Waals surface area contributed by atoms with Gasteiger partial charge >= 0.3 is 0 Å². The van der Waals surface area contributed by atoms with Gasteiger partial charge in [-0.05, 0) is 31.0 Å². The zero-order valence-corrected chi connectivity index (χ0v) is 13.8. The first kappa shape index (κ1) is 16.0. The highest BCUT2D eigenvalue weighted by atomic mass is 35.5. The molecule has 1 aromatic carbocycles. The highest BCUT2D eigenvalue weighted by Crippen LogP contribution is 2.27. The van der Waals surface area contributed by atoms with E-state index in [4.69, 9.17) is 11.6 Å². The lowest BCUT2D eigenvalue weighted by molar-refractivity contribution is -0.131. The Hall–Kier alpha value is -1.88. The molecule has 0 aliphatic carbocycles. The van der Waals surface area contributed by atoms with Crippen LogP contribution in [0.25, 0.3) is 0 Å². The average molecular weight is 336 g/mol. The van der Waals surface area contributed by atoms with Crippen LogP contribution in [0.2, 0.25) is 5.02 Å². The number of benzene rings is 1. The van der Waals surface area contributed by atoms with E-state index in [-0.39, 0.29) is 23.8 Å². The van der Waals surface area contributed by atoms with Crippen molar-refractivity contribution in [2.24, 2.45) is 7.05 Å². The molecule has 1 aliphatic heterocycles. The fraction of sp³-hybridized carbons (Fsp3) is 0.412. The van der Waals surface area contributed by atoms with Crippen LogP contribution in [0, 0.1) is 5.82 Å². The van der Waals surface area contributed by atoms with Crippen molar-refractivity contribution < 1.29 is 9.18 Å². The van der Waals surface area contributed by atoms with Crippen LogP contribution in [0.1, 0.15) is 30.0 Å². The lowest BCUT2D eigenvalue weighted by atomic mass is 9.94. The molecule has 0 spiro atoms. The minimum atomic E-state index is -0.427. The quantitative estimate of drug-likeness (QED) is 0.864. The molecule has 2 aromatic rings. The smallest absolute Gasteiger partial charge is 0.227 e. The van der Waals surface area contributed by atoms with Gasteiger partial charge in [0.2, 0.25) is 5.91 Å². The van der Waals surface area contributed by atoms with Gasteiger partial charge in [-0.2, -0.15) is 5.10 Å². The van der Waals surface area contributed by atoms with E-state index in [2.05, 4.69) is 5.10 Å². The SMILES string of the molecule is Cn1ccc(C2CCCN(C(=O)Cc3c(F)cccc3Cl)C2)n1. The molecular formula is C17H19ClFN3O. The molecule has 1 fully saturated rings. The molecule has 1 aliphatic rings. The van der Waals surface area contributed by atoms with Gasteiger partial charge in [0, 0.05) is 42.8 Å². The Balaban J connectivity index is 1.70. The molecule has 23 heavy (non-hydrogen) atoms. The topological polar surface area (TPSA) is 38.1 Å². The van der Waals surface area contributed by atoms with Crippen LogP contribution < -0.4 is 0 Å². The molecule has 6 heteroatoms. The third-order valence-electron chi connectivity index (χ3n) is 4.32. The molecule has 0 saturated carbocycles. The second-order valence-electron chi connectivity index (χ2n) is 5.97. The highest BCUT2D eigenvalue weighted by Gasteiger charge is 2.27. The van der Waals surface area contributed by atoms with E-state index in [1.165, 1.54) is 6.07 Å². The monoisotopic (exact) mass is 335 g/mol. The standard InChI is InChI=1S/C17H19ClFN3O/c1-21-9-7-16(20-21)12-4-3-8-22(11-12)17(23)10-13-14(18)5-2-6-15(13)19/h2,5-7,9,12H,3-4,8,10-11H2,1H3. The summed E-state index contributed by atoms with van der Waals surface area (Å²) in [5.74, 6) is -0.272. The first-order valence-electron chi connectivity index (χ1n) is 7.75. The van der Waals surface area contributed by atoms with Gasteiger partial charge in [0.25, 0.3) is 0 Å². The number of carbonyl (C=O) groups is 1. The average Bonchev–Trinajstić information content (AvgIpc) is 2.97. The number of halogens is 2. The second-order valence-corrected chi connectivity index (χ2v) is 6.38. The highest BCUT2D eigenvalue weighted by molar-refractivity contribution is 6.31. The molecule has 0 radical (unpaired) electrons. The lowest BCUT2D eigenvalue weighted by Crippen LogP contribution is -2.40. The maximum atomic E-state index is 13.9. The van der Waals surface area contributed by atoms with Gasteiger partial charge in [0.15, 0.2) is 0 Å². The molecule has 0 bridgehead atoms. The van der Waals surface area contributed by atoms with Crippen molar-refractivity contribution >= 4 is 17.5 Å². The third kappa shape index (κ3) is 3.55. The summed E-state index contributed by atoms with van der Waals surface area (Å²) in [5.41, 5.74) is 1.29. The van der Waals surface area contributed by atoms with E-state index in [0.29, 0.717) is 18.1 Å². The molecule has 0 N–H and O–H groups in total. The number of hydrogen-bond donors (Lipinski definition) is 0. The Bertz CT molecular complexity index is 695. The van der Waals surface area contributed by atoms with Gasteiger partial charge in [-0.25, -0.2) is 4.39 Å². The van der Waals surface area contributed by atoms with Crippen molar-refractivity contribution in [3.05, 3.63) is 52.6 Å². The van der Waals surface area contributed by atoms with Crippen molar-refractivity contribution in [3.8, 4) is 0 Å². The van der Waals surface area contributed by atoms with E-state index in [0.717, 1.165) is 18.5 Å². The number of nitrogens with zero attached hydrogens (tertiary/aromatic N) is 3. The second kappa shape index (κ2) is 6.71. The zero-order valence-electron chi connectivity index (χ0n) is 13.0. The van der Waals surface area contributed by atoms with Crippen molar-refractivity contribution in [2.45, 2.75) is 25.2 Å². The summed E-state index contributed by atoms with van der Waals surface area (Å²) < 4.78 is 15.6. The zero-order chi connectivity index (χ0) is 16.4. The Kier molecular flexibility index (Phi) is 4.66. The van der Waals surface area contributed by atoms with Crippen LogP contribution in [0.5, 0.6) is 0 Å². The summed E-state index contributed by atoms with van der Waals surface area (Å²) >= 11 is 6.02. The van der Waals surface area contributed by atoms with E-state index < -0.39 is 5.82 Å². The van der Waals surface area contributed by atoms with Crippen LogP contribution >= 0.6 is 11.6 Å². The molecule has 1 atom stereocenters. The summed E-state index contributed by atoms with van der Waals surface area (Å²) in [4.78, 5) is 14.3. The molecule has 1 aromatic heterocycles. The van der Waals surface area contributed by atoms with E-state index in [9.17, 15) is 9.18 Å². The molecular weight excluding hydrogens is 317 g/mol. The Morgan fingerprint density at radius 3 is 2.96 bits per heavy atom. The molecule has 3 rings (SSSR count). The number of hydrogen-bond acceptors (Lipinski definition) is 2. The van der Waals surface area contributed by atoms with Crippen molar-refractivity contribution in [2.75, 3.05) is 13.1 Å². The van der Waals surface area contributed by atoms with Crippen LogP contribution in [0.3, 0.4) is 0 Å². The summed E-state index contributed by atoms with van der Waals surface area (Å²) in [6.45, 7) is 1.33. The Morgan fingerprint density at radius 2 is 2.26 bits per heavy atom. The van der Waals surface area contributed by atoms with Crippen LogP contribution in [-0.4, -0.2) is 33.7 Å². The summed E-state index contributed by atoms with van der Waals surface area (Å²) in [6.07, 6.45) is 3.86. The lowest BCUT2D eigenvalue weighted by Gasteiger charge is -2.32. The number of aryl methyl sites for hydroxylation is 1. The van der Waals surface area contributed by atoms with E-state index in [1.54, 1.807) is 21.7 Å². The molecule has 122 valence electrons. The van der Waals surface area contributed by atoms with Crippen LogP contribution in [0.15, 0.2) is 30.5 Å². The van der Waals surface area contributed by atoms with Gasteiger partial charge in [0.1, 0.15) is 5.82 Å². The predicted molar refractivity (Wildman–Crippen MR) is 86.9 cm³/mol. The maximum absolute atomic E-state index is 13.9. The van der Waals surface area contributed by atoms with Gasteiger partial charge < -0.3 is 4.90 Å². The number of rotatable bonds is 3. The molecule has 1 amide bonds. The van der Waals surface area contributed by atoms with Crippen molar-refractivity contribution in [1.82, 2.24) is 14.7 Å². The first-order valence-corrected chi connectivity index (χ1v) is 8.12. The third-order valence-corrected chi connectivity index (χ3v) is 4.67. The fourth-order valence-electron chi connectivity index (χ4n) is 3.06. The van der Waals surface area contributed by atoms with Crippen molar-refractivity contribution in [3.63, 3.8) is 0 Å². The van der Waals surface area contributed by atoms with Gasteiger partial charge in [-0.1, -0.05) is 17.7 Å². The van der Waals surface area contributed by atoms with Crippen LogP contribution in [0.4, 0.5) is 4.39 Å². The number of carbonyl (C=O) groups excluding carboxylic acids is 1. The normalized spacial score (nSPS) is 18.2. The minimum absolute atomic E-state index is 0.000441. The van der Waals surface area contributed by atoms with Gasteiger partial charge in [-0.15, -0.1) is 0 Å². The van der Waals surface area contributed by atoms with E-state index >= 15 is 0 Å². The predicted octanol–water partition coefficient (Wildman–Crippen LogP) is 3.16. The Morgan fingerprint density at radius 1 is 1.43 bits per heavy atom. The molecule has 1 unspecified atom stereocenters. The fourth-order valence-corrected chi connectivity index (χ4v) is 3.29. The largest absolute Gasteiger partial charge is 0.342 e. The minimum Gasteiger partial charge on any atom is -0.342 e. The van der Waals surface area contributed by atoms with Gasteiger partial charge in [-0.3, -0.25) is 9.48 Å². The van der Waals surface area contributed by atoms with Crippen LogP contribution in [-0.2, 0) is 18.3 Å². The summed E-state index contributed by atoms with van der Waals surface area (Å²) in [7, 11) is 1.88. The van der Waals surface area contributed by atoms with Gasteiger partial charge in [0.05, 0.1) is 12.1 Å². The number of amides is 1. The first-order chi connectivity index (χ1) is 11.0. The molecule has 2 heterocycles. The maximum Gasteiger partial charge on any atom is 0.227 e. The number of piperidine rings is 1. The van der Waals surface area contributed by atoms with E-state index in [1.807, 2.05) is 19.3 Å². The summed E-state index contributed by atoms with van der Waals surface area (Å²) in [5, 5.41) is 4.74.